The van der Waals surface area contributed by atoms with Gasteiger partial charge in [0.05, 0.1) is 16.8 Å². The summed E-state index contributed by atoms with van der Waals surface area (Å²) in [5, 5.41) is 3.92. The second-order valence-corrected chi connectivity index (χ2v) is 7.72. The zero-order chi connectivity index (χ0) is 16.7. The smallest absolute Gasteiger partial charge is 0.252 e. The fourth-order valence-corrected chi connectivity index (χ4v) is 4.00. The number of carbonyl (C=O) groups excluding carboxylic acids is 1. The van der Waals surface area contributed by atoms with Gasteiger partial charge >= 0.3 is 0 Å². The summed E-state index contributed by atoms with van der Waals surface area (Å²) < 4.78 is 1.78. The fourth-order valence-electron chi connectivity index (χ4n) is 2.69. The predicted molar refractivity (Wildman–Crippen MR) is 103 cm³/mol. The van der Waals surface area contributed by atoms with E-state index < -0.39 is 0 Å². The van der Waals surface area contributed by atoms with Crippen molar-refractivity contribution < 1.29 is 4.79 Å². The third-order valence-electron chi connectivity index (χ3n) is 4.06. The van der Waals surface area contributed by atoms with Crippen LogP contribution in [-0.2, 0) is 0 Å². The quantitative estimate of drug-likeness (QED) is 0.592. The third-order valence-corrected chi connectivity index (χ3v) is 5.12. The van der Waals surface area contributed by atoms with Crippen LogP contribution in [0, 0.1) is 0 Å². The summed E-state index contributed by atoms with van der Waals surface area (Å²) in [5.74, 6) is -0.0351. The van der Waals surface area contributed by atoms with Crippen molar-refractivity contribution in [1.82, 2.24) is 10.3 Å². The van der Waals surface area contributed by atoms with E-state index in [0.29, 0.717) is 11.6 Å². The Balaban J connectivity index is 1.94. The molecule has 0 radical (unpaired) electrons. The summed E-state index contributed by atoms with van der Waals surface area (Å²) in [4.78, 5) is 17.5. The minimum Gasteiger partial charge on any atom is -0.349 e. The Morgan fingerprint density at radius 2 is 1.83 bits per heavy atom. The molecule has 1 aliphatic carbocycles. The first-order chi connectivity index (χ1) is 11.6. The lowest BCUT2D eigenvalue weighted by molar-refractivity contribution is 0.0952. The van der Waals surface area contributed by atoms with Crippen LogP contribution < -0.4 is 5.32 Å². The first kappa shape index (κ1) is 15.8. The van der Waals surface area contributed by atoms with Gasteiger partial charge in [0.1, 0.15) is 0 Å². The molecular formula is C19H14Br2N2O. The van der Waals surface area contributed by atoms with Gasteiger partial charge in [-0.3, -0.25) is 4.79 Å². The van der Waals surface area contributed by atoms with E-state index in [9.17, 15) is 4.79 Å². The van der Waals surface area contributed by atoms with Crippen molar-refractivity contribution in [1.29, 1.82) is 0 Å². The summed E-state index contributed by atoms with van der Waals surface area (Å²) in [5.41, 5.74) is 3.25. The molecule has 3 nitrogen and oxygen atoms in total. The normalized spacial score (nSPS) is 13.9. The molecule has 5 heteroatoms. The first-order valence-corrected chi connectivity index (χ1v) is 9.36. The number of halogens is 2. The Kier molecular flexibility index (Phi) is 4.14. The molecule has 1 amide bonds. The molecule has 1 aliphatic rings. The number of fused-ring (bicyclic) bond motifs is 1. The Hall–Kier alpha value is -1.72. The second-order valence-electron chi connectivity index (χ2n) is 5.95. The van der Waals surface area contributed by atoms with Crippen LogP contribution in [0.4, 0.5) is 0 Å². The van der Waals surface area contributed by atoms with Crippen molar-refractivity contribution in [3.63, 3.8) is 0 Å². The first-order valence-electron chi connectivity index (χ1n) is 7.78. The van der Waals surface area contributed by atoms with Crippen LogP contribution in [0.15, 0.2) is 57.5 Å². The van der Waals surface area contributed by atoms with Crippen molar-refractivity contribution in [3.05, 3.63) is 63.0 Å². The summed E-state index contributed by atoms with van der Waals surface area (Å²) >= 11 is 7.08. The van der Waals surface area contributed by atoms with Gasteiger partial charge in [-0.15, -0.1) is 0 Å². The topological polar surface area (TPSA) is 42.0 Å². The van der Waals surface area contributed by atoms with E-state index >= 15 is 0 Å². The molecule has 0 saturated heterocycles. The van der Waals surface area contributed by atoms with Crippen LogP contribution in [0.25, 0.3) is 22.2 Å². The Labute approximate surface area is 156 Å². The minimum absolute atomic E-state index is 0.0351. The predicted octanol–water partition coefficient (Wildman–Crippen LogP) is 5.32. The number of hydrogen-bond donors (Lipinski definition) is 1. The number of nitrogens with one attached hydrogen (secondary N) is 1. The third kappa shape index (κ3) is 3.10. The van der Waals surface area contributed by atoms with Crippen LogP contribution in [0.1, 0.15) is 23.2 Å². The van der Waals surface area contributed by atoms with Crippen molar-refractivity contribution in [3.8, 4) is 11.3 Å². The number of pyridine rings is 1. The van der Waals surface area contributed by atoms with Gasteiger partial charge in [-0.2, -0.15) is 0 Å². The monoisotopic (exact) mass is 444 g/mol. The highest BCUT2D eigenvalue weighted by Crippen LogP contribution is 2.32. The van der Waals surface area contributed by atoms with Crippen LogP contribution in [0.5, 0.6) is 0 Å². The maximum atomic E-state index is 12.7. The standard InChI is InChI=1S/C19H14Br2N2O/c20-12-8-14-15(19(24)22-13-6-7-13)10-17(11-4-2-1-3-5-11)23-18(14)16(21)9-12/h1-5,8-10,13H,6-7H2,(H,22,24). The van der Waals surface area contributed by atoms with Gasteiger partial charge < -0.3 is 5.32 Å². The number of rotatable bonds is 3. The average Bonchev–Trinajstić information content (AvgIpc) is 3.39. The van der Waals surface area contributed by atoms with Crippen LogP contribution >= 0.6 is 31.9 Å². The molecule has 0 spiro atoms. The molecule has 1 heterocycles. The summed E-state index contributed by atoms with van der Waals surface area (Å²) in [7, 11) is 0. The van der Waals surface area contributed by atoms with Gasteiger partial charge in [-0.25, -0.2) is 4.98 Å². The summed E-state index contributed by atoms with van der Waals surface area (Å²) in [6.07, 6.45) is 2.13. The van der Waals surface area contributed by atoms with Crippen LogP contribution in [0.3, 0.4) is 0 Å². The molecule has 0 bridgehead atoms. The molecule has 0 unspecified atom stereocenters. The molecule has 0 aliphatic heterocycles. The average molecular weight is 446 g/mol. The highest BCUT2D eigenvalue weighted by molar-refractivity contribution is 9.11. The summed E-state index contributed by atoms with van der Waals surface area (Å²) in [6.45, 7) is 0. The lowest BCUT2D eigenvalue weighted by Crippen LogP contribution is -2.25. The molecule has 2 aromatic carbocycles. The maximum absolute atomic E-state index is 12.7. The van der Waals surface area contributed by atoms with Crippen molar-refractivity contribution in [2.45, 2.75) is 18.9 Å². The molecule has 120 valence electrons. The van der Waals surface area contributed by atoms with Gasteiger partial charge in [-0.1, -0.05) is 46.3 Å². The number of carbonyl (C=O) groups is 1. The molecule has 1 saturated carbocycles. The van der Waals surface area contributed by atoms with Crippen molar-refractivity contribution in [2.75, 3.05) is 0 Å². The molecular weight excluding hydrogens is 432 g/mol. The van der Waals surface area contributed by atoms with E-state index in [2.05, 4.69) is 37.2 Å². The van der Waals surface area contributed by atoms with Gasteiger partial charge in [0.2, 0.25) is 0 Å². The van der Waals surface area contributed by atoms with Gasteiger partial charge in [0, 0.05) is 25.9 Å². The zero-order valence-electron chi connectivity index (χ0n) is 12.7. The Morgan fingerprint density at radius 1 is 1.08 bits per heavy atom. The summed E-state index contributed by atoms with van der Waals surface area (Å²) in [6, 6.07) is 16.0. The maximum Gasteiger partial charge on any atom is 0.252 e. The number of benzene rings is 2. The van der Waals surface area contributed by atoms with E-state index in [1.807, 2.05) is 48.5 Å². The van der Waals surface area contributed by atoms with Gasteiger partial charge in [0.15, 0.2) is 0 Å². The highest BCUT2D eigenvalue weighted by atomic mass is 79.9. The Morgan fingerprint density at radius 3 is 2.54 bits per heavy atom. The number of amides is 1. The number of hydrogen-bond acceptors (Lipinski definition) is 2. The zero-order valence-corrected chi connectivity index (χ0v) is 15.9. The minimum atomic E-state index is -0.0351. The van der Waals surface area contributed by atoms with E-state index in [1.165, 1.54) is 0 Å². The largest absolute Gasteiger partial charge is 0.349 e. The highest BCUT2D eigenvalue weighted by Gasteiger charge is 2.25. The van der Waals surface area contributed by atoms with Crippen LogP contribution in [0.2, 0.25) is 0 Å². The lowest BCUT2D eigenvalue weighted by Gasteiger charge is -2.12. The van der Waals surface area contributed by atoms with E-state index in [-0.39, 0.29) is 5.91 Å². The van der Waals surface area contributed by atoms with Gasteiger partial charge in [0.25, 0.3) is 5.91 Å². The van der Waals surface area contributed by atoms with Crippen LogP contribution in [-0.4, -0.2) is 16.9 Å². The number of aromatic nitrogens is 1. The number of nitrogens with zero attached hydrogens (tertiary/aromatic N) is 1. The van der Waals surface area contributed by atoms with E-state index in [1.54, 1.807) is 0 Å². The molecule has 1 fully saturated rings. The van der Waals surface area contributed by atoms with Crippen molar-refractivity contribution in [2.24, 2.45) is 0 Å². The van der Waals surface area contributed by atoms with E-state index in [4.69, 9.17) is 4.98 Å². The van der Waals surface area contributed by atoms with E-state index in [0.717, 1.165) is 43.9 Å². The molecule has 24 heavy (non-hydrogen) atoms. The molecule has 1 N–H and O–H groups in total. The Bertz CT molecular complexity index is 937. The second kappa shape index (κ2) is 6.30. The van der Waals surface area contributed by atoms with Gasteiger partial charge in [-0.05, 0) is 47.0 Å². The SMILES string of the molecule is O=C(NC1CC1)c1cc(-c2ccccc2)nc2c(Br)cc(Br)cc12. The molecule has 1 aromatic heterocycles. The molecule has 0 atom stereocenters. The van der Waals surface area contributed by atoms with Crippen molar-refractivity contribution >= 4 is 48.7 Å². The fraction of sp³-hybridized carbons (Fsp3) is 0.158. The molecule has 4 rings (SSSR count). The lowest BCUT2D eigenvalue weighted by atomic mass is 10.0. The molecule has 3 aromatic rings.